The Balaban J connectivity index is 2.82. The molecule has 1 rings (SSSR count). The molecule has 106 valence electrons. The minimum absolute atomic E-state index is 0.242. The molecular formula is C10H20N2O5S. The summed E-state index contributed by atoms with van der Waals surface area (Å²) in [6.07, 6.45) is 0. The minimum Gasteiger partial charge on any atom is -0.480 e. The zero-order chi connectivity index (χ0) is 14.0. The summed E-state index contributed by atoms with van der Waals surface area (Å²) in [6, 6.07) is -1.16. The largest absolute Gasteiger partial charge is 0.480 e. The van der Waals surface area contributed by atoms with Crippen molar-refractivity contribution in [2.75, 3.05) is 26.3 Å². The predicted molar refractivity (Wildman–Crippen MR) is 65.3 cm³/mol. The average molecular weight is 280 g/mol. The van der Waals surface area contributed by atoms with Crippen LogP contribution in [0.15, 0.2) is 0 Å². The molecule has 1 atom stereocenters. The Labute approximate surface area is 107 Å². The first-order valence-corrected chi connectivity index (χ1v) is 7.16. The van der Waals surface area contributed by atoms with Gasteiger partial charge < -0.3 is 9.84 Å². The van der Waals surface area contributed by atoms with Gasteiger partial charge in [0.25, 0.3) is 10.2 Å². The van der Waals surface area contributed by atoms with E-state index in [-0.39, 0.29) is 13.1 Å². The van der Waals surface area contributed by atoms with E-state index >= 15 is 0 Å². The van der Waals surface area contributed by atoms with E-state index in [2.05, 4.69) is 4.72 Å². The zero-order valence-corrected chi connectivity index (χ0v) is 11.7. The van der Waals surface area contributed by atoms with Crippen LogP contribution in [0.3, 0.4) is 0 Å². The van der Waals surface area contributed by atoms with Crippen molar-refractivity contribution < 1.29 is 23.1 Å². The summed E-state index contributed by atoms with van der Waals surface area (Å²) in [5, 5.41) is 9.10. The second-order valence-corrected chi connectivity index (χ2v) is 6.97. The number of rotatable bonds is 4. The number of hydrogen-bond donors (Lipinski definition) is 2. The number of hydrogen-bond acceptors (Lipinski definition) is 4. The van der Waals surface area contributed by atoms with Gasteiger partial charge in [0.15, 0.2) is 0 Å². The lowest BCUT2D eigenvalue weighted by atomic mass is 9.88. The topological polar surface area (TPSA) is 95.9 Å². The maximum Gasteiger partial charge on any atom is 0.322 e. The smallest absolute Gasteiger partial charge is 0.322 e. The van der Waals surface area contributed by atoms with Gasteiger partial charge in [-0.3, -0.25) is 4.79 Å². The number of ether oxygens (including phenoxy) is 1. The fraction of sp³-hybridized carbons (Fsp3) is 0.900. The van der Waals surface area contributed by atoms with Crippen LogP contribution in [0.2, 0.25) is 0 Å². The summed E-state index contributed by atoms with van der Waals surface area (Å²) in [5.41, 5.74) is -0.703. The Hall–Kier alpha value is -0.700. The van der Waals surface area contributed by atoms with Crippen molar-refractivity contribution in [1.82, 2.24) is 9.03 Å². The Morgan fingerprint density at radius 1 is 1.33 bits per heavy atom. The van der Waals surface area contributed by atoms with Gasteiger partial charge in [-0.05, 0) is 5.41 Å². The van der Waals surface area contributed by atoms with Crippen molar-refractivity contribution in [2.24, 2.45) is 5.41 Å². The summed E-state index contributed by atoms with van der Waals surface area (Å²) < 4.78 is 32.6. The average Bonchev–Trinajstić information content (AvgIpc) is 2.25. The molecule has 1 fully saturated rings. The van der Waals surface area contributed by atoms with Gasteiger partial charge in [0, 0.05) is 13.1 Å². The van der Waals surface area contributed by atoms with Crippen LogP contribution >= 0.6 is 0 Å². The van der Waals surface area contributed by atoms with Crippen LogP contribution < -0.4 is 4.72 Å². The standard InChI is InChI=1S/C10H20N2O5S/c1-10(2,3)8(9(13)14)11-18(15,16)12-4-6-17-7-5-12/h8,11H,4-7H2,1-3H3,(H,13,14)/t8-/m0/s1. The maximum absolute atomic E-state index is 12.0. The van der Waals surface area contributed by atoms with Crippen LogP contribution in [-0.2, 0) is 19.7 Å². The first-order chi connectivity index (χ1) is 8.14. The highest BCUT2D eigenvalue weighted by Gasteiger charge is 2.37. The highest BCUT2D eigenvalue weighted by molar-refractivity contribution is 7.87. The third kappa shape index (κ3) is 3.91. The van der Waals surface area contributed by atoms with Crippen molar-refractivity contribution in [3.05, 3.63) is 0 Å². The quantitative estimate of drug-likeness (QED) is 0.734. The lowest BCUT2D eigenvalue weighted by Gasteiger charge is -2.32. The molecule has 0 radical (unpaired) electrons. The molecule has 0 aromatic carbocycles. The molecule has 18 heavy (non-hydrogen) atoms. The molecule has 7 nitrogen and oxygen atoms in total. The number of carboxylic acid groups (broad SMARTS) is 1. The van der Waals surface area contributed by atoms with Crippen molar-refractivity contribution >= 4 is 16.2 Å². The van der Waals surface area contributed by atoms with E-state index in [1.165, 1.54) is 4.31 Å². The van der Waals surface area contributed by atoms with Crippen LogP contribution in [-0.4, -0.2) is 56.1 Å². The Bertz CT molecular complexity index is 395. The highest BCUT2D eigenvalue weighted by atomic mass is 32.2. The number of aliphatic carboxylic acids is 1. The van der Waals surface area contributed by atoms with Crippen molar-refractivity contribution in [3.63, 3.8) is 0 Å². The summed E-state index contributed by atoms with van der Waals surface area (Å²) in [4.78, 5) is 11.1. The lowest BCUT2D eigenvalue weighted by molar-refractivity contribution is -0.141. The SMILES string of the molecule is CC(C)(C)[C@@H](NS(=O)(=O)N1CCOCC1)C(=O)O. The van der Waals surface area contributed by atoms with Gasteiger partial charge >= 0.3 is 5.97 Å². The van der Waals surface area contributed by atoms with Gasteiger partial charge in [0.05, 0.1) is 13.2 Å². The second-order valence-electron chi connectivity index (χ2n) is 5.27. The van der Waals surface area contributed by atoms with Crippen molar-refractivity contribution in [3.8, 4) is 0 Å². The molecule has 1 heterocycles. The number of morpholine rings is 1. The Morgan fingerprint density at radius 3 is 2.22 bits per heavy atom. The molecule has 0 aliphatic carbocycles. The van der Waals surface area contributed by atoms with E-state index in [4.69, 9.17) is 9.84 Å². The van der Waals surface area contributed by atoms with Gasteiger partial charge in [-0.25, -0.2) is 0 Å². The van der Waals surface area contributed by atoms with Gasteiger partial charge in [0.2, 0.25) is 0 Å². The molecule has 0 saturated carbocycles. The van der Waals surface area contributed by atoms with E-state index in [9.17, 15) is 13.2 Å². The predicted octanol–water partition coefficient (Wildman–Crippen LogP) is -0.348. The van der Waals surface area contributed by atoms with Crippen molar-refractivity contribution in [2.45, 2.75) is 26.8 Å². The summed E-state index contributed by atoms with van der Waals surface area (Å²) in [7, 11) is -3.79. The third-order valence-electron chi connectivity index (χ3n) is 2.69. The van der Waals surface area contributed by atoms with Gasteiger partial charge in [-0.1, -0.05) is 20.8 Å². The van der Waals surface area contributed by atoms with Crippen LogP contribution in [0.1, 0.15) is 20.8 Å². The maximum atomic E-state index is 12.0. The molecule has 0 unspecified atom stereocenters. The summed E-state index contributed by atoms with van der Waals surface area (Å²) in [6.45, 7) is 6.16. The van der Waals surface area contributed by atoms with Crippen molar-refractivity contribution in [1.29, 1.82) is 0 Å². The molecule has 2 N–H and O–H groups in total. The zero-order valence-electron chi connectivity index (χ0n) is 10.8. The lowest BCUT2D eigenvalue weighted by Crippen LogP contribution is -2.55. The molecule has 8 heteroatoms. The molecule has 1 aliphatic rings. The number of carbonyl (C=O) groups is 1. The van der Waals surface area contributed by atoms with Crippen LogP contribution in [0.4, 0.5) is 0 Å². The molecule has 1 aliphatic heterocycles. The third-order valence-corrected chi connectivity index (χ3v) is 4.27. The molecule has 1 saturated heterocycles. The Morgan fingerprint density at radius 2 is 1.83 bits per heavy atom. The van der Waals surface area contributed by atoms with E-state index in [1.807, 2.05) is 0 Å². The minimum atomic E-state index is -3.79. The first-order valence-electron chi connectivity index (χ1n) is 5.72. The monoisotopic (exact) mass is 280 g/mol. The van der Waals surface area contributed by atoms with Crippen LogP contribution in [0.25, 0.3) is 0 Å². The highest BCUT2D eigenvalue weighted by Crippen LogP contribution is 2.21. The first kappa shape index (κ1) is 15.4. The van der Waals surface area contributed by atoms with Gasteiger partial charge in [0.1, 0.15) is 6.04 Å². The molecule has 0 spiro atoms. The number of nitrogens with one attached hydrogen (secondary N) is 1. The fourth-order valence-electron chi connectivity index (χ4n) is 1.61. The fourth-order valence-corrected chi connectivity index (χ4v) is 3.14. The van der Waals surface area contributed by atoms with E-state index in [0.717, 1.165) is 0 Å². The van der Waals surface area contributed by atoms with Crippen LogP contribution in [0, 0.1) is 5.41 Å². The normalized spacial score (nSPS) is 20.6. The van der Waals surface area contributed by atoms with Gasteiger partial charge in [-0.2, -0.15) is 17.4 Å². The van der Waals surface area contributed by atoms with E-state index < -0.39 is 27.6 Å². The summed E-state index contributed by atoms with van der Waals surface area (Å²) >= 11 is 0. The molecule has 0 aromatic rings. The van der Waals surface area contributed by atoms with Crippen LogP contribution in [0.5, 0.6) is 0 Å². The van der Waals surface area contributed by atoms with E-state index in [1.54, 1.807) is 20.8 Å². The molecular weight excluding hydrogens is 260 g/mol. The second kappa shape index (κ2) is 5.52. The Kier molecular flexibility index (Phi) is 4.71. The number of nitrogens with zero attached hydrogens (tertiary/aromatic N) is 1. The number of carboxylic acids is 1. The molecule has 0 amide bonds. The molecule has 0 bridgehead atoms. The molecule has 0 aromatic heterocycles. The van der Waals surface area contributed by atoms with E-state index in [0.29, 0.717) is 13.2 Å². The van der Waals surface area contributed by atoms with Gasteiger partial charge in [-0.15, -0.1) is 0 Å². The summed E-state index contributed by atoms with van der Waals surface area (Å²) in [5.74, 6) is -1.18.